The summed E-state index contributed by atoms with van der Waals surface area (Å²) in [5, 5.41) is 1.78. The molecule has 4 nitrogen and oxygen atoms in total. The summed E-state index contributed by atoms with van der Waals surface area (Å²) < 4.78 is 5.73. The van der Waals surface area contributed by atoms with E-state index in [4.69, 9.17) is 33.7 Å². The number of hydrogen-bond acceptors (Lipinski definition) is 4. The van der Waals surface area contributed by atoms with Crippen LogP contribution in [0.2, 0.25) is 10.2 Å². The van der Waals surface area contributed by atoms with Crippen LogP contribution < -0.4 is 10.5 Å². The summed E-state index contributed by atoms with van der Waals surface area (Å²) in [4.78, 5) is 8.54. The molecule has 0 unspecified atom stereocenters. The van der Waals surface area contributed by atoms with E-state index in [0.717, 1.165) is 16.6 Å². The van der Waals surface area contributed by atoms with E-state index < -0.39 is 0 Å². The Bertz CT molecular complexity index is 809. The minimum atomic E-state index is 0.331. The van der Waals surface area contributed by atoms with E-state index in [-0.39, 0.29) is 0 Å². The van der Waals surface area contributed by atoms with Gasteiger partial charge < -0.3 is 10.5 Å². The summed E-state index contributed by atoms with van der Waals surface area (Å²) in [6.45, 7) is 0.665. The van der Waals surface area contributed by atoms with Crippen molar-refractivity contribution < 1.29 is 4.74 Å². The molecule has 0 spiro atoms. The SMILES string of the molecule is NCc1cc2cc(Cl)c(OCc3ccccn3)cc2nc1Cl. The lowest BCUT2D eigenvalue weighted by Gasteiger charge is -2.10. The van der Waals surface area contributed by atoms with Crippen molar-refractivity contribution in [1.82, 2.24) is 9.97 Å². The van der Waals surface area contributed by atoms with Crippen molar-refractivity contribution in [2.24, 2.45) is 5.73 Å². The lowest BCUT2D eigenvalue weighted by atomic mass is 10.1. The van der Waals surface area contributed by atoms with Gasteiger partial charge in [-0.1, -0.05) is 29.3 Å². The summed E-state index contributed by atoms with van der Waals surface area (Å²) in [6.07, 6.45) is 1.72. The van der Waals surface area contributed by atoms with E-state index in [2.05, 4.69) is 9.97 Å². The van der Waals surface area contributed by atoms with Crippen LogP contribution in [0.5, 0.6) is 5.75 Å². The molecule has 0 atom stereocenters. The Kier molecular flexibility index (Phi) is 4.43. The van der Waals surface area contributed by atoms with Crippen molar-refractivity contribution >= 4 is 34.1 Å². The molecular weight excluding hydrogens is 321 g/mol. The van der Waals surface area contributed by atoms with Gasteiger partial charge in [0.1, 0.15) is 17.5 Å². The molecule has 0 aliphatic heterocycles. The van der Waals surface area contributed by atoms with Crippen LogP contribution >= 0.6 is 23.2 Å². The van der Waals surface area contributed by atoms with E-state index in [9.17, 15) is 0 Å². The number of rotatable bonds is 4. The number of nitrogens with two attached hydrogens (primary N) is 1. The predicted octanol–water partition coefficient (Wildman–Crippen LogP) is 3.97. The third-order valence-electron chi connectivity index (χ3n) is 3.22. The fraction of sp³-hybridized carbons (Fsp3) is 0.125. The van der Waals surface area contributed by atoms with E-state index >= 15 is 0 Å². The summed E-state index contributed by atoms with van der Waals surface area (Å²) >= 11 is 12.4. The minimum Gasteiger partial charge on any atom is -0.486 e. The largest absolute Gasteiger partial charge is 0.486 e. The molecule has 0 bridgehead atoms. The normalized spacial score (nSPS) is 10.9. The van der Waals surface area contributed by atoms with Crippen LogP contribution in [-0.4, -0.2) is 9.97 Å². The number of ether oxygens (including phenoxy) is 1. The quantitative estimate of drug-likeness (QED) is 0.733. The third-order valence-corrected chi connectivity index (χ3v) is 3.84. The molecule has 0 amide bonds. The predicted molar refractivity (Wildman–Crippen MR) is 88.2 cm³/mol. The fourth-order valence-corrected chi connectivity index (χ4v) is 2.53. The van der Waals surface area contributed by atoms with Gasteiger partial charge in [-0.15, -0.1) is 0 Å². The number of aromatic nitrogens is 2. The van der Waals surface area contributed by atoms with Gasteiger partial charge in [0.25, 0.3) is 0 Å². The van der Waals surface area contributed by atoms with Crippen molar-refractivity contribution in [3.63, 3.8) is 0 Å². The average molecular weight is 334 g/mol. The zero-order valence-corrected chi connectivity index (χ0v) is 13.1. The summed E-state index contributed by atoms with van der Waals surface area (Å²) in [7, 11) is 0. The number of benzene rings is 1. The Morgan fingerprint density at radius 3 is 2.73 bits per heavy atom. The standard InChI is InChI=1S/C16H13Cl2N3O/c17-13-6-10-5-11(8-19)16(18)21-14(10)7-15(13)22-9-12-3-1-2-4-20-12/h1-7H,8-9,19H2. The Hall–Kier alpha value is -1.88. The topological polar surface area (TPSA) is 61.0 Å². The first kappa shape index (κ1) is 15.0. The highest BCUT2D eigenvalue weighted by atomic mass is 35.5. The van der Waals surface area contributed by atoms with Crippen LogP contribution in [-0.2, 0) is 13.2 Å². The number of fused-ring (bicyclic) bond motifs is 1. The van der Waals surface area contributed by atoms with Crippen molar-refractivity contribution in [2.45, 2.75) is 13.2 Å². The van der Waals surface area contributed by atoms with Crippen LogP contribution in [0.25, 0.3) is 10.9 Å². The zero-order valence-electron chi connectivity index (χ0n) is 11.6. The highest BCUT2D eigenvalue weighted by molar-refractivity contribution is 6.33. The van der Waals surface area contributed by atoms with Gasteiger partial charge in [-0.25, -0.2) is 4.98 Å². The molecule has 22 heavy (non-hydrogen) atoms. The molecular formula is C16H13Cl2N3O. The second-order valence-electron chi connectivity index (χ2n) is 4.73. The molecule has 2 heterocycles. The van der Waals surface area contributed by atoms with Crippen LogP contribution in [0.4, 0.5) is 0 Å². The molecule has 0 fully saturated rings. The molecule has 112 valence electrons. The maximum absolute atomic E-state index is 6.27. The van der Waals surface area contributed by atoms with Gasteiger partial charge in [-0.05, 0) is 24.3 Å². The van der Waals surface area contributed by atoms with Gasteiger partial charge in [-0.3, -0.25) is 4.98 Å². The van der Waals surface area contributed by atoms with Crippen LogP contribution in [0.1, 0.15) is 11.3 Å². The fourth-order valence-electron chi connectivity index (χ4n) is 2.08. The molecule has 3 rings (SSSR count). The molecule has 3 aromatic rings. The number of hydrogen-bond donors (Lipinski definition) is 1. The summed E-state index contributed by atoms with van der Waals surface area (Å²) in [5.41, 5.74) is 7.95. The Balaban J connectivity index is 1.91. The third kappa shape index (κ3) is 3.14. The first-order valence-electron chi connectivity index (χ1n) is 6.69. The molecule has 2 aromatic heterocycles. The molecule has 1 aromatic carbocycles. The highest BCUT2D eigenvalue weighted by Crippen LogP contribution is 2.31. The average Bonchev–Trinajstić information content (AvgIpc) is 2.54. The number of nitrogens with zero attached hydrogens (tertiary/aromatic N) is 2. The zero-order chi connectivity index (χ0) is 15.5. The lowest BCUT2D eigenvalue weighted by molar-refractivity contribution is 0.302. The first-order chi connectivity index (χ1) is 10.7. The molecule has 0 aliphatic rings. The smallest absolute Gasteiger partial charge is 0.140 e. The maximum atomic E-state index is 6.27. The van der Waals surface area contributed by atoms with Gasteiger partial charge in [0.05, 0.1) is 16.2 Å². The van der Waals surface area contributed by atoms with Crippen LogP contribution in [0.15, 0.2) is 42.6 Å². The first-order valence-corrected chi connectivity index (χ1v) is 7.44. The van der Waals surface area contributed by atoms with Gasteiger partial charge >= 0.3 is 0 Å². The van der Waals surface area contributed by atoms with Crippen molar-refractivity contribution in [2.75, 3.05) is 0 Å². The van der Waals surface area contributed by atoms with E-state index in [0.29, 0.717) is 34.6 Å². The number of halogens is 2. The highest BCUT2D eigenvalue weighted by Gasteiger charge is 2.09. The van der Waals surface area contributed by atoms with Crippen molar-refractivity contribution in [3.8, 4) is 5.75 Å². The van der Waals surface area contributed by atoms with Crippen LogP contribution in [0.3, 0.4) is 0 Å². The monoisotopic (exact) mass is 333 g/mol. The Morgan fingerprint density at radius 2 is 2.00 bits per heavy atom. The molecule has 0 radical (unpaired) electrons. The van der Waals surface area contributed by atoms with Gasteiger partial charge in [0.15, 0.2) is 0 Å². The maximum Gasteiger partial charge on any atom is 0.140 e. The van der Waals surface area contributed by atoms with Crippen molar-refractivity contribution in [3.05, 3.63) is 64.0 Å². The summed E-state index contributed by atoms with van der Waals surface area (Å²) in [5.74, 6) is 0.545. The molecule has 2 N–H and O–H groups in total. The van der Waals surface area contributed by atoms with Crippen LogP contribution in [0, 0.1) is 0 Å². The molecule has 0 saturated heterocycles. The van der Waals surface area contributed by atoms with Gasteiger partial charge in [0, 0.05) is 29.8 Å². The van der Waals surface area contributed by atoms with E-state index in [1.54, 1.807) is 18.3 Å². The van der Waals surface area contributed by atoms with Gasteiger partial charge in [-0.2, -0.15) is 0 Å². The van der Waals surface area contributed by atoms with E-state index in [1.807, 2.05) is 24.3 Å². The van der Waals surface area contributed by atoms with E-state index in [1.165, 1.54) is 0 Å². The summed E-state index contributed by atoms with van der Waals surface area (Å²) in [6, 6.07) is 11.1. The Labute approximate surface area is 137 Å². The van der Waals surface area contributed by atoms with Crippen molar-refractivity contribution in [1.29, 1.82) is 0 Å². The molecule has 0 aliphatic carbocycles. The Morgan fingerprint density at radius 1 is 1.14 bits per heavy atom. The number of pyridine rings is 2. The van der Waals surface area contributed by atoms with Gasteiger partial charge in [0.2, 0.25) is 0 Å². The second kappa shape index (κ2) is 6.48. The lowest BCUT2D eigenvalue weighted by Crippen LogP contribution is -2.00. The second-order valence-corrected chi connectivity index (χ2v) is 5.49. The molecule has 6 heteroatoms. The molecule has 0 saturated carbocycles. The minimum absolute atomic E-state index is 0.331.